The average Bonchev–Trinajstić information content (AvgIpc) is 3.11. The summed E-state index contributed by atoms with van der Waals surface area (Å²) in [5, 5.41) is 12.1. The van der Waals surface area contributed by atoms with Crippen LogP contribution in [0.4, 0.5) is 21.9 Å². The summed E-state index contributed by atoms with van der Waals surface area (Å²) in [5.74, 6) is -0.275. The Balaban J connectivity index is 1.17. The molecule has 270 valence electrons. The number of fused-ring (bicyclic) bond motifs is 1. The van der Waals surface area contributed by atoms with Crippen LogP contribution in [0.5, 0.6) is 5.75 Å². The van der Waals surface area contributed by atoms with Gasteiger partial charge in [-0.3, -0.25) is 19.5 Å². The lowest BCUT2D eigenvalue weighted by Gasteiger charge is -2.42. The summed E-state index contributed by atoms with van der Waals surface area (Å²) in [7, 11) is 1.58. The van der Waals surface area contributed by atoms with Gasteiger partial charge in [-0.25, -0.2) is 9.80 Å². The molecule has 2 saturated heterocycles. The summed E-state index contributed by atoms with van der Waals surface area (Å²) in [6, 6.07) is 24.4. The number of ketones is 2. The Bertz CT molecular complexity index is 2030. The number of methoxy groups -OCH3 is 1. The van der Waals surface area contributed by atoms with E-state index in [1.54, 1.807) is 7.11 Å². The van der Waals surface area contributed by atoms with Gasteiger partial charge in [-0.1, -0.05) is 81.4 Å². The molecule has 7 rings (SSSR count). The summed E-state index contributed by atoms with van der Waals surface area (Å²) in [4.78, 5) is 41.0. The number of rotatable bonds is 9. The second-order valence-electron chi connectivity index (χ2n) is 14.7. The first-order chi connectivity index (χ1) is 25.1. The molecule has 0 saturated carbocycles. The molecular weight excluding hydrogens is 654 g/mol. The normalized spacial score (nSPS) is 17.0. The predicted molar refractivity (Wildman–Crippen MR) is 206 cm³/mol. The van der Waals surface area contributed by atoms with E-state index >= 15 is 0 Å². The summed E-state index contributed by atoms with van der Waals surface area (Å²) in [6.45, 7) is 11.1. The fourth-order valence-electron chi connectivity index (χ4n) is 7.08. The van der Waals surface area contributed by atoms with Gasteiger partial charge in [0.1, 0.15) is 5.69 Å². The van der Waals surface area contributed by atoms with Crippen molar-refractivity contribution in [3.05, 3.63) is 95.7 Å². The number of amides is 2. The molecule has 10 nitrogen and oxygen atoms in total. The second kappa shape index (κ2) is 14.9. The van der Waals surface area contributed by atoms with Crippen molar-refractivity contribution < 1.29 is 23.9 Å². The summed E-state index contributed by atoms with van der Waals surface area (Å²) >= 11 is 0. The Morgan fingerprint density at radius 1 is 0.865 bits per heavy atom. The number of piperidine rings is 1. The molecule has 4 aromatic rings. The highest BCUT2D eigenvalue weighted by Gasteiger charge is 2.34. The lowest BCUT2D eigenvalue weighted by Crippen LogP contribution is -2.51. The highest BCUT2D eigenvalue weighted by atomic mass is 16.5. The minimum absolute atomic E-state index is 0.00995. The van der Waals surface area contributed by atoms with Crippen molar-refractivity contribution in [3.63, 3.8) is 0 Å². The Morgan fingerprint density at radius 2 is 1.58 bits per heavy atom. The van der Waals surface area contributed by atoms with E-state index in [0.717, 1.165) is 78.8 Å². The number of allylic oxidation sites excluding steroid dienone is 2. The molecule has 0 spiro atoms. The first kappa shape index (κ1) is 35.4. The van der Waals surface area contributed by atoms with Crippen LogP contribution >= 0.6 is 0 Å². The zero-order valence-electron chi connectivity index (χ0n) is 30.5. The SMILES string of the molecule is COc1c(NC(=O)Nc2ccc(-c3ccc(CN4CCOCC4)cc3)c3ccccc23)cc(C(C)(C)C)cc1N(C1=CCC1)N1CCC(=O)C(=O)C1. The van der Waals surface area contributed by atoms with Gasteiger partial charge in [0.2, 0.25) is 11.6 Å². The van der Waals surface area contributed by atoms with Gasteiger partial charge in [0.15, 0.2) is 5.75 Å². The van der Waals surface area contributed by atoms with E-state index in [9.17, 15) is 14.4 Å². The number of ether oxygens (including phenoxy) is 2. The Kier molecular flexibility index (Phi) is 10.1. The molecule has 0 radical (unpaired) electrons. The molecule has 0 unspecified atom stereocenters. The maximum absolute atomic E-state index is 13.9. The van der Waals surface area contributed by atoms with Crippen LogP contribution in [-0.4, -0.2) is 74.0 Å². The van der Waals surface area contributed by atoms with E-state index in [0.29, 0.717) is 29.4 Å². The lowest BCUT2D eigenvalue weighted by atomic mass is 9.86. The molecule has 52 heavy (non-hydrogen) atoms. The third-order valence-electron chi connectivity index (χ3n) is 10.1. The minimum atomic E-state index is -0.408. The molecule has 3 aliphatic rings. The first-order valence-corrected chi connectivity index (χ1v) is 18.1. The Labute approximate surface area is 305 Å². The van der Waals surface area contributed by atoms with Gasteiger partial charge in [0.25, 0.3) is 0 Å². The number of hydrazine groups is 1. The number of Topliss-reactive ketones (excluding diaryl/α,β-unsaturated/α-hetero) is 2. The molecule has 2 fully saturated rings. The van der Waals surface area contributed by atoms with Crippen LogP contribution in [0.1, 0.15) is 51.2 Å². The number of urea groups is 1. The van der Waals surface area contributed by atoms with Gasteiger partial charge in [-0.05, 0) is 64.1 Å². The molecule has 4 aromatic carbocycles. The van der Waals surface area contributed by atoms with Crippen molar-refractivity contribution in [1.29, 1.82) is 0 Å². The quantitative estimate of drug-likeness (QED) is 0.173. The average molecular weight is 702 g/mol. The number of nitrogens with one attached hydrogen (secondary N) is 2. The van der Waals surface area contributed by atoms with Crippen LogP contribution in [0.2, 0.25) is 0 Å². The fourth-order valence-corrected chi connectivity index (χ4v) is 7.08. The Morgan fingerprint density at radius 3 is 2.23 bits per heavy atom. The molecule has 2 N–H and O–H groups in total. The second-order valence-corrected chi connectivity index (χ2v) is 14.7. The number of carbonyl (C=O) groups excluding carboxylic acids is 3. The van der Waals surface area contributed by atoms with Gasteiger partial charge < -0.3 is 20.1 Å². The van der Waals surface area contributed by atoms with Crippen molar-refractivity contribution in [2.45, 2.75) is 52.0 Å². The van der Waals surface area contributed by atoms with Crippen molar-refractivity contribution in [3.8, 4) is 16.9 Å². The van der Waals surface area contributed by atoms with Crippen molar-refractivity contribution in [2.24, 2.45) is 0 Å². The van der Waals surface area contributed by atoms with Gasteiger partial charge in [0.05, 0.1) is 38.2 Å². The van der Waals surface area contributed by atoms with E-state index in [1.807, 2.05) is 40.3 Å². The van der Waals surface area contributed by atoms with E-state index in [2.05, 4.69) is 84.8 Å². The largest absolute Gasteiger partial charge is 0.492 e. The Hall–Kier alpha value is -5.03. The van der Waals surface area contributed by atoms with E-state index < -0.39 is 11.8 Å². The standard InChI is InChI=1S/C42H47N5O5/c1-42(2,3)30-24-36(40(51-4)37(25-30)47(31-8-7-9-31)46-19-18-38(48)39(49)27-46)44-41(50)43-35-17-16-32(33-10-5-6-11-34(33)35)29-14-12-28(13-15-29)26-45-20-22-52-23-21-45/h5-6,8,10-17,24-25H,7,9,18-23,26-27H2,1-4H3,(H2,43,44,50). The fraction of sp³-hybridized carbons (Fsp3) is 0.357. The van der Waals surface area contributed by atoms with Gasteiger partial charge in [0, 0.05) is 43.7 Å². The number of morpholine rings is 1. The molecule has 0 atom stereocenters. The molecule has 0 bridgehead atoms. The number of benzene rings is 4. The maximum Gasteiger partial charge on any atom is 0.323 e. The summed E-state index contributed by atoms with van der Waals surface area (Å²) < 4.78 is 11.5. The van der Waals surface area contributed by atoms with Crippen LogP contribution in [0.3, 0.4) is 0 Å². The van der Waals surface area contributed by atoms with Gasteiger partial charge in [-0.2, -0.15) is 0 Å². The number of anilines is 3. The van der Waals surface area contributed by atoms with Crippen molar-refractivity contribution >= 4 is 45.4 Å². The van der Waals surface area contributed by atoms with Crippen molar-refractivity contribution in [1.82, 2.24) is 9.91 Å². The number of nitrogens with zero attached hydrogens (tertiary/aromatic N) is 3. The number of carbonyl (C=O) groups is 3. The molecule has 10 heteroatoms. The third-order valence-corrected chi connectivity index (χ3v) is 10.1. The molecule has 2 amide bonds. The van der Waals surface area contributed by atoms with Crippen LogP contribution < -0.4 is 20.4 Å². The summed E-state index contributed by atoms with van der Waals surface area (Å²) in [5.41, 5.74) is 7.11. The first-order valence-electron chi connectivity index (χ1n) is 18.1. The van der Waals surface area contributed by atoms with E-state index in [4.69, 9.17) is 9.47 Å². The van der Waals surface area contributed by atoms with Crippen LogP contribution in [-0.2, 0) is 26.3 Å². The number of hydrogen-bond donors (Lipinski definition) is 2. The molecule has 0 aromatic heterocycles. The van der Waals surface area contributed by atoms with Crippen LogP contribution in [0.15, 0.2) is 84.6 Å². The zero-order chi connectivity index (χ0) is 36.4. The number of hydrogen-bond acceptors (Lipinski definition) is 8. The van der Waals surface area contributed by atoms with E-state index in [-0.39, 0.29) is 24.2 Å². The summed E-state index contributed by atoms with van der Waals surface area (Å²) in [6.07, 6.45) is 4.03. The topological polar surface area (TPSA) is 103 Å². The molecule has 2 aliphatic heterocycles. The lowest BCUT2D eigenvalue weighted by molar-refractivity contribution is -0.139. The van der Waals surface area contributed by atoms with Crippen LogP contribution in [0, 0.1) is 0 Å². The molecule has 2 heterocycles. The zero-order valence-corrected chi connectivity index (χ0v) is 30.5. The third kappa shape index (κ3) is 7.46. The van der Waals surface area contributed by atoms with Gasteiger partial charge in [-0.15, -0.1) is 0 Å². The highest BCUT2D eigenvalue weighted by Crippen LogP contribution is 2.44. The molecular formula is C42H47N5O5. The van der Waals surface area contributed by atoms with Gasteiger partial charge >= 0.3 is 6.03 Å². The molecule has 1 aliphatic carbocycles. The highest BCUT2D eigenvalue weighted by molar-refractivity contribution is 6.38. The minimum Gasteiger partial charge on any atom is -0.492 e. The smallest absolute Gasteiger partial charge is 0.323 e. The van der Waals surface area contributed by atoms with E-state index in [1.165, 1.54) is 5.56 Å². The predicted octanol–water partition coefficient (Wildman–Crippen LogP) is 7.53. The monoisotopic (exact) mass is 701 g/mol. The van der Waals surface area contributed by atoms with Crippen molar-refractivity contribution in [2.75, 3.05) is 62.1 Å². The maximum atomic E-state index is 13.9. The van der Waals surface area contributed by atoms with Crippen LogP contribution in [0.25, 0.3) is 21.9 Å².